The van der Waals surface area contributed by atoms with Crippen molar-refractivity contribution in [3.8, 4) is 0 Å². The number of rotatable bonds is 5. The van der Waals surface area contributed by atoms with E-state index < -0.39 is 0 Å². The van der Waals surface area contributed by atoms with Gasteiger partial charge in [0.05, 0.1) is 12.1 Å². The summed E-state index contributed by atoms with van der Waals surface area (Å²) in [6.45, 7) is 1.89. The molecule has 0 saturated heterocycles. The van der Waals surface area contributed by atoms with Crippen molar-refractivity contribution in [1.82, 2.24) is 25.4 Å². The van der Waals surface area contributed by atoms with Crippen LogP contribution in [0.15, 0.2) is 30.6 Å². The van der Waals surface area contributed by atoms with Gasteiger partial charge in [-0.3, -0.25) is 0 Å². The molecule has 6 nitrogen and oxygen atoms in total. The fourth-order valence-electron chi connectivity index (χ4n) is 3.04. The van der Waals surface area contributed by atoms with Crippen LogP contribution in [0.2, 0.25) is 5.02 Å². The van der Waals surface area contributed by atoms with E-state index in [-0.39, 0.29) is 18.1 Å². The van der Waals surface area contributed by atoms with Crippen molar-refractivity contribution in [2.75, 3.05) is 0 Å². The van der Waals surface area contributed by atoms with Crippen molar-refractivity contribution >= 4 is 17.6 Å². The maximum absolute atomic E-state index is 12.4. The van der Waals surface area contributed by atoms with Gasteiger partial charge >= 0.3 is 6.03 Å². The van der Waals surface area contributed by atoms with Crippen LogP contribution < -0.4 is 10.6 Å². The summed E-state index contributed by atoms with van der Waals surface area (Å²) in [5.41, 5.74) is 1.09. The number of urea groups is 1. The first kappa shape index (κ1) is 16.8. The average Bonchev–Trinajstić information content (AvgIpc) is 2.92. The van der Waals surface area contributed by atoms with Gasteiger partial charge < -0.3 is 15.2 Å². The van der Waals surface area contributed by atoms with Crippen LogP contribution in [0.5, 0.6) is 0 Å². The predicted molar refractivity (Wildman–Crippen MR) is 92.6 cm³/mol. The third-order valence-corrected chi connectivity index (χ3v) is 4.87. The largest absolute Gasteiger partial charge is 0.331 e. The third-order valence-electron chi connectivity index (χ3n) is 4.62. The van der Waals surface area contributed by atoms with Gasteiger partial charge in [0.2, 0.25) is 0 Å². The number of aromatic nitrogens is 3. The van der Waals surface area contributed by atoms with Crippen LogP contribution in [0.4, 0.5) is 4.79 Å². The van der Waals surface area contributed by atoms with Crippen LogP contribution >= 0.6 is 11.6 Å². The standard InChI is InChI=1S/C17H22ClN5O/c1-11(16-22-19-10-23(16)2)20-17(24)21-15(12-4-3-5-12)13-6-8-14(18)9-7-13/h6-12,15H,3-5H2,1-2H3,(H2,20,21,24). The van der Waals surface area contributed by atoms with E-state index in [1.54, 1.807) is 10.9 Å². The van der Waals surface area contributed by atoms with Crippen molar-refractivity contribution in [1.29, 1.82) is 0 Å². The molecule has 3 rings (SSSR count). The molecule has 2 amide bonds. The van der Waals surface area contributed by atoms with Gasteiger partial charge in [0, 0.05) is 12.1 Å². The van der Waals surface area contributed by atoms with Gasteiger partial charge in [-0.25, -0.2) is 4.79 Å². The number of carbonyl (C=O) groups is 1. The minimum absolute atomic E-state index is 0.00251. The summed E-state index contributed by atoms with van der Waals surface area (Å²) in [6, 6.07) is 7.29. The smallest absolute Gasteiger partial charge is 0.315 e. The molecule has 1 aromatic heterocycles. The zero-order valence-electron chi connectivity index (χ0n) is 13.9. The molecule has 0 spiro atoms. The van der Waals surface area contributed by atoms with E-state index in [1.807, 2.05) is 38.2 Å². The molecule has 1 heterocycles. The van der Waals surface area contributed by atoms with Crippen LogP contribution in [0.25, 0.3) is 0 Å². The first-order valence-corrected chi connectivity index (χ1v) is 8.59. The molecule has 128 valence electrons. The van der Waals surface area contributed by atoms with Crippen LogP contribution in [0.1, 0.15) is 49.7 Å². The Morgan fingerprint density at radius 3 is 2.54 bits per heavy atom. The molecular weight excluding hydrogens is 326 g/mol. The molecule has 1 saturated carbocycles. The highest BCUT2D eigenvalue weighted by molar-refractivity contribution is 6.30. The van der Waals surface area contributed by atoms with Crippen molar-refractivity contribution in [2.45, 2.75) is 38.3 Å². The number of hydrogen-bond donors (Lipinski definition) is 2. The summed E-state index contributed by atoms with van der Waals surface area (Å²) >= 11 is 5.98. The van der Waals surface area contributed by atoms with Crippen LogP contribution in [-0.4, -0.2) is 20.8 Å². The molecule has 2 unspecified atom stereocenters. The summed E-state index contributed by atoms with van der Waals surface area (Å²) in [6.07, 6.45) is 5.10. The molecule has 1 aromatic carbocycles. The Kier molecular flexibility index (Phi) is 5.04. The van der Waals surface area contributed by atoms with Crippen molar-refractivity contribution in [3.63, 3.8) is 0 Å². The normalized spacial score (nSPS) is 17.0. The second kappa shape index (κ2) is 7.21. The topological polar surface area (TPSA) is 71.8 Å². The van der Waals surface area contributed by atoms with Gasteiger partial charge in [0.1, 0.15) is 6.33 Å². The Morgan fingerprint density at radius 2 is 2.00 bits per heavy atom. The van der Waals surface area contributed by atoms with E-state index in [9.17, 15) is 4.79 Å². The Bertz CT molecular complexity index is 695. The highest BCUT2D eigenvalue weighted by Gasteiger charge is 2.30. The molecular formula is C17H22ClN5O. The van der Waals surface area contributed by atoms with Gasteiger partial charge in [-0.1, -0.05) is 30.2 Å². The Labute approximate surface area is 146 Å². The van der Waals surface area contributed by atoms with E-state index in [0.717, 1.165) is 24.2 Å². The highest BCUT2D eigenvalue weighted by Crippen LogP contribution is 2.38. The van der Waals surface area contributed by atoms with Crippen LogP contribution in [0, 0.1) is 5.92 Å². The molecule has 1 aliphatic carbocycles. The second-order valence-corrected chi connectivity index (χ2v) is 6.80. The SMILES string of the molecule is CC(NC(=O)NC(c1ccc(Cl)cc1)C1CCC1)c1nncn1C. The number of amides is 2. The number of nitrogens with zero attached hydrogens (tertiary/aromatic N) is 3. The summed E-state index contributed by atoms with van der Waals surface area (Å²) in [4.78, 5) is 12.4. The maximum atomic E-state index is 12.4. The Hall–Kier alpha value is -2.08. The number of aryl methyl sites for hydroxylation is 1. The van der Waals surface area contributed by atoms with Crippen LogP contribution in [-0.2, 0) is 7.05 Å². The van der Waals surface area contributed by atoms with E-state index in [1.165, 1.54) is 6.42 Å². The Balaban J connectivity index is 1.67. The first-order chi connectivity index (χ1) is 11.5. The molecule has 0 bridgehead atoms. The highest BCUT2D eigenvalue weighted by atomic mass is 35.5. The number of halogens is 1. The number of nitrogens with one attached hydrogen (secondary N) is 2. The summed E-state index contributed by atoms with van der Waals surface area (Å²) in [5.74, 6) is 1.19. The van der Waals surface area contributed by atoms with Gasteiger partial charge in [0.15, 0.2) is 5.82 Å². The van der Waals surface area contributed by atoms with Crippen molar-refractivity contribution in [3.05, 3.63) is 47.0 Å². The average molecular weight is 348 g/mol. The van der Waals surface area contributed by atoms with Gasteiger partial charge in [-0.05, 0) is 43.4 Å². The fraction of sp³-hybridized carbons (Fsp3) is 0.471. The minimum Gasteiger partial charge on any atom is -0.331 e. The molecule has 24 heavy (non-hydrogen) atoms. The molecule has 2 aromatic rings. The van der Waals surface area contributed by atoms with Gasteiger partial charge in [0.25, 0.3) is 0 Å². The van der Waals surface area contributed by atoms with Gasteiger partial charge in [-0.2, -0.15) is 0 Å². The van der Waals surface area contributed by atoms with E-state index in [0.29, 0.717) is 10.9 Å². The quantitative estimate of drug-likeness (QED) is 0.871. The molecule has 2 N–H and O–H groups in total. The van der Waals surface area contributed by atoms with Gasteiger partial charge in [-0.15, -0.1) is 10.2 Å². The maximum Gasteiger partial charge on any atom is 0.315 e. The molecule has 0 radical (unpaired) electrons. The second-order valence-electron chi connectivity index (χ2n) is 6.36. The van der Waals surface area contributed by atoms with Crippen molar-refractivity contribution < 1.29 is 4.79 Å². The lowest BCUT2D eigenvalue weighted by Gasteiger charge is -2.35. The lowest BCUT2D eigenvalue weighted by atomic mass is 9.77. The molecule has 1 fully saturated rings. The van der Waals surface area contributed by atoms with E-state index >= 15 is 0 Å². The predicted octanol–water partition coefficient (Wildman–Crippen LogP) is 3.37. The summed E-state index contributed by atoms with van der Waals surface area (Å²) in [7, 11) is 1.86. The molecule has 1 aliphatic rings. The summed E-state index contributed by atoms with van der Waals surface area (Å²) in [5, 5.41) is 14.6. The van der Waals surface area contributed by atoms with Crippen LogP contribution in [0.3, 0.4) is 0 Å². The number of benzene rings is 1. The van der Waals surface area contributed by atoms with Crippen molar-refractivity contribution in [2.24, 2.45) is 13.0 Å². The fourth-order valence-corrected chi connectivity index (χ4v) is 3.17. The monoisotopic (exact) mass is 347 g/mol. The lowest BCUT2D eigenvalue weighted by molar-refractivity contribution is 0.205. The van der Waals surface area contributed by atoms with E-state index in [2.05, 4.69) is 20.8 Å². The molecule has 7 heteroatoms. The zero-order valence-corrected chi connectivity index (χ0v) is 14.6. The van der Waals surface area contributed by atoms with E-state index in [4.69, 9.17) is 11.6 Å². The first-order valence-electron chi connectivity index (χ1n) is 8.21. The number of carbonyl (C=O) groups excluding carboxylic acids is 1. The minimum atomic E-state index is -0.218. The molecule has 0 aliphatic heterocycles. The summed E-state index contributed by atoms with van der Waals surface area (Å²) < 4.78 is 1.80. The Morgan fingerprint density at radius 1 is 1.29 bits per heavy atom. The number of hydrogen-bond acceptors (Lipinski definition) is 3. The molecule has 2 atom stereocenters. The zero-order chi connectivity index (χ0) is 17.1. The third kappa shape index (κ3) is 3.70. The lowest BCUT2D eigenvalue weighted by Crippen LogP contribution is -2.43.